The molecule has 0 unspecified atom stereocenters. The number of carbonyl (C=O) groups excluding carboxylic acids is 1. The summed E-state index contributed by atoms with van der Waals surface area (Å²) in [5, 5.41) is 12.0. The topological polar surface area (TPSA) is 69.6 Å². The first-order valence-electron chi connectivity index (χ1n) is 5.91. The maximum Gasteiger partial charge on any atom is 0.323 e. The van der Waals surface area contributed by atoms with Crippen molar-refractivity contribution in [1.29, 1.82) is 0 Å². The van der Waals surface area contributed by atoms with Gasteiger partial charge in [-0.1, -0.05) is 0 Å². The SMILES string of the molecule is O=C(O)CN(C(=O)[C@@H]1CCCNC1)C1CC1. The Morgan fingerprint density at radius 2 is 2.06 bits per heavy atom. The van der Waals surface area contributed by atoms with Gasteiger partial charge in [0.2, 0.25) is 5.91 Å². The zero-order valence-electron chi connectivity index (χ0n) is 9.32. The Hall–Kier alpha value is -1.10. The fourth-order valence-electron chi connectivity index (χ4n) is 2.22. The van der Waals surface area contributed by atoms with Crippen LogP contribution in [-0.4, -0.2) is 47.6 Å². The highest BCUT2D eigenvalue weighted by Crippen LogP contribution is 2.28. The van der Waals surface area contributed by atoms with Gasteiger partial charge in [0.05, 0.1) is 5.92 Å². The van der Waals surface area contributed by atoms with Crippen LogP contribution >= 0.6 is 0 Å². The molecule has 1 aliphatic heterocycles. The third kappa shape index (κ3) is 2.72. The van der Waals surface area contributed by atoms with E-state index in [1.807, 2.05) is 0 Å². The van der Waals surface area contributed by atoms with Crippen LogP contribution in [0.15, 0.2) is 0 Å². The molecule has 2 aliphatic rings. The van der Waals surface area contributed by atoms with Gasteiger partial charge in [0, 0.05) is 12.6 Å². The molecule has 2 N–H and O–H groups in total. The van der Waals surface area contributed by atoms with Gasteiger partial charge in [-0.15, -0.1) is 0 Å². The molecule has 5 heteroatoms. The van der Waals surface area contributed by atoms with Gasteiger partial charge < -0.3 is 15.3 Å². The van der Waals surface area contributed by atoms with Gasteiger partial charge in [-0.05, 0) is 32.2 Å². The van der Waals surface area contributed by atoms with Gasteiger partial charge >= 0.3 is 5.97 Å². The van der Waals surface area contributed by atoms with Crippen molar-refractivity contribution >= 4 is 11.9 Å². The van der Waals surface area contributed by atoms with Crippen molar-refractivity contribution in [2.24, 2.45) is 5.92 Å². The Kier molecular flexibility index (Phi) is 3.43. The van der Waals surface area contributed by atoms with Crippen LogP contribution in [-0.2, 0) is 9.59 Å². The molecule has 0 radical (unpaired) electrons. The molecule has 2 fully saturated rings. The van der Waals surface area contributed by atoms with Crippen molar-refractivity contribution < 1.29 is 14.7 Å². The summed E-state index contributed by atoms with van der Waals surface area (Å²) < 4.78 is 0. The molecule has 16 heavy (non-hydrogen) atoms. The smallest absolute Gasteiger partial charge is 0.323 e. The van der Waals surface area contributed by atoms with E-state index < -0.39 is 5.97 Å². The Balaban J connectivity index is 1.95. The fraction of sp³-hybridized carbons (Fsp3) is 0.818. The molecule has 0 aromatic heterocycles. The highest BCUT2D eigenvalue weighted by Gasteiger charge is 2.37. The molecule has 2 rings (SSSR count). The van der Waals surface area contributed by atoms with E-state index in [-0.39, 0.29) is 24.4 Å². The van der Waals surface area contributed by atoms with E-state index in [2.05, 4.69) is 5.32 Å². The van der Waals surface area contributed by atoms with Crippen LogP contribution in [0.5, 0.6) is 0 Å². The molecular weight excluding hydrogens is 208 g/mol. The van der Waals surface area contributed by atoms with Gasteiger partial charge in [-0.25, -0.2) is 0 Å². The molecule has 90 valence electrons. The van der Waals surface area contributed by atoms with Crippen molar-refractivity contribution in [2.75, 3.05) is 19.6 Å². The molecule has 1 saturated carbocycles. The van der Waals surface area contributed by atoms with Crippen molar-refractivity contribution in [1.82, 2.24) is 10.2 Å². The van der Waals surface area contributed by atoms with Gasteiger partial charge in [-0.3, -0.25) is 9.59 Å². The molecule has 0 spiro atoms. The molecule has 1 amide bonds. The largest absolute Gasteiger partial charge is 0.480 e. The maximum atomic E-state index is 12.1. The number of carbonyl (C=O) groups is 2. The number of carboxylic acids is 1. The highest BCUT2D eigenvalue weighted by atomic mass is 16.4. The standard InChI is InChI=1S/C11H18N2O3/c14-10(15)7-13(9-3-4-9)11(16)8-2-1-5-12-6-8/h8-9,12H,1-7H2,(H,14,15)/t8-/m1/s1. The van der Waals surface area contributed by atoms with Crippen LogP contribution in [0.2, 0.25) is 0 Å². The average molecular weight is 226 g/mol. The fourth-order valence-corrected chi connectivity index (χ4v) is 2.22. The summed E-state index contributed by atoms with van der Waals surface area (Å²) in [6.45, 7) is 1.52. The molecule has 0 bridgehead atoms. The lowest BCUT2D eigenvalue weighted by Crippen LogP contribution is -2.45. The monoisotopic (exact) mass is 226 g/mol. The summed E-state index contributed by atoms with van der Waals surface area (Å²) in [6.07, 6.45) is 3.80. The molecule has 1 heterocycles. The van der Waals surface area contributed by atoms with Crippen molar-refractivity contribution in [3.05, 3.63) is 0 Å². The number of amides is 1. The Labute approximate surface area is 94.8 Å². The minimum absolute atomic E-state index is 0.0197. The third-order valence-corrected chi connectivity index (χ3v) is 3.22. The number of hydrogen-bond donors (Lipinski definition) is 2. The highest BCUT2D eigenvalue weighted by molar-refractivity contribution is 5.84. The normalized spacial score (nSPS) is 25.1. The lowest BCUT2D eigenvalue weighted by Gasteiger charge is -2.28. The van der Waals surface area contributed by atoms with Crippen molar-refractivity contribution in [3.63, 3.8) is 0 Å². The third-order valence-electron chi connectivity index (χ3n) is 3.22. The molecule has 5 nitrogen and oxygen atoms in total. The number of nitrogens with zero attached hydrogens (tertiary/aromatic N) is 1. The Bertz CT molecular complexity index is 283. The first-order chi connectivity index (χ1) is 7.68. The second-order valence-electron chi connectivity index (χ2n) is 4.63. The van der Waals surface area contributed by atoms with Crippen LogP contribution in [0.3, 0.4) is 0 Å². The Morgan fingerprint density at radius 3 is 2.56 bits per heavy atom. The first kappa shape index (κ1) is 11.4. The molecule has 0 aromatic carbocycles. The molecular formula is C11H18N2O3. The second-order valence-corrected chi connectivity index (χ2v) is 4.63. The molecule has 1 saturated heterocycles. The number of hydrogen-bond acceptors (Lipinski definition) is 3. The number of piperidine rings is 1. The quantitative estimate of drug-likeness (QED) is 0.711. The van der Waals surface area contributed by atoms with Gasteiger partial charge in [0.1, 0.15) is 6.54 Å². The molecule has 1 atom stereocenters. The van der Waals surface area contributed by atoms with E-state index >= 15 is 0 Å². The van der Waals surface area contributed by atoms with Crippen LogP contribution in [0.4, 0.5) is 0 Å². The summed E-state index contributed by atoms with van der Waals surface area (Å²) in [7, 11) is 0. The predicted octanol–water partition coefficient (Wildman–Crippen LogP) is 0.0616. The number of carboxylic acid groups (broad SMARTS) is 1. The number of rotatable bonds is 4. The van der Waals surface area contributed by atoms with Crippen LogP contribution in [0.1, 0.15) is 25.7 Å². The van der Waals surface area contributed by atoms with Crippen molar-refractivity contribution in [3.8, 4) is 0 Å². The van der Waals surface area contributed by atoms with Crippen LogP contribution in [0, 0.1) is 5.92 Å². The lowest BCUT2D eigenvalue weighted by molar-refractivity contribution is -0.147. The summed E-state index contributed by atoms with van der Waals surface area (Å²) in [4.78, 5) is 24.4. The summed E-state index contributed by atoms with van der Waals surface area (Å²) >= 11 is 0. The minimum Gasteiger partial charge on any atom is -0.480 e. The van der Waals surface area contributed by atoms with E-state index in [4.69, 9.17) is 5.11 Å². The van der Waals surface area contributed by atoms with Crippen LogP contribution < -0.4 is 5.32 Å². The van der Waals surface area contributed by atoms with E-state index in [0.29, 0.717) is 6.54 Å². The van der Waals surface area contributed by atoms with E-state index in [1.165, 1.54) is 0 Å². The molecule has 1 aliphatic carbocycles. The average Bonchev–Trinajstić information content (AvgIpc) is 3.10. The Morgan fingerprint density at radius 1 is 1.31 bits per heavy atom. The van der Waals surface area contributed by atoms with E-state index in [1.54, 1.807) is 4.90 Å². The van der Waals surface area contributed by atoms with Gasteiger partial charge in [0.25, 0.3) is 0 Å². The summed E-state index contributed by atoms with van der Waals surface area (Å²) in [5.74, 6) is -0.908. The minimum atomic E-state index is -0.913. The number of nitrogens with one attached hydrogen (secondary N) is 1. The molecule has 0 aromatic rings. The maximum absolute atomic E-state index is 12.1. The van der Waals surface area contributed by atoms with Gasteiger partial charge in [0.15, 0.2) is 0 Å². The predicted molar refractivity (Wildman–Crippen MR) is 58.0 cm³/mol. The summed E-state index contributed by atoms with van der Waals surface area (Å²) in [6, 6.07) is 0.186. The summed E-state index contributed by atoms with van der Waals surface area (Å²) in [5.41, 5.74) is 0. The lowest BCUT2D eigenvalue weighted by atomic mass is 9.98. The van der Waals surface area contributed by atoms with E-state index in [0.717, 1.165) is 32.2 Å². The zero-order valence-corrected chi connectivity index (χ0v) is 9.32. The van der Waals surface area contributed by atoms with Gasteiger partial charge in [-0.2, -0.15) is 0 Å². The number of aliphatic carboxylic acids is 1. The first-order valence-corrected chi connectivity index (χ1v) is 5.91. The second kappa shape index (κ2) is 4.82. The van der Waals surface area contributed by atoms with Crippen molar-refractivity contribution in [2.45, 2.75) is 31.7 Å². The van der Waals surface area contributed by atoms with E-state index in [9.17, 15) is 9.59 Å². The zero-order chi connectivity index (χ0) is 11.5. The van der Waals surface area contributed by atoms with Crippen LogP contribution in [0.25, 0.3) is 0 Å².